The second kappa shape index (κ2) is 4.26. The van der Waals surface area contributed by atoms with Crippen molar-refractivity contribution < 1.29 is 0 Å². The summed E-state index contributed by atoms with van der Waals surface area (Å²) in [5, 5.41) is 8.03. The van der Waals surface area contributed by atoms with Crippen molar-refractivity contribution in [2.24, 2.45) is 11.8 Å². The predicted molar refractivity (Wildman–Crippen MR) is 68.1 cm³/mol. The van der Waals surface area contributed by atoms with Gasteiger partial charge >= 0.3 is 0 Å². The van der Waals surface area contributed by atoms with Crippen molar-refractivity contribution >= 4 is 11.6 Å². The van der Waals surface area contributed by atoms with Crippen molar-refractivity contribution in [3.8, 4) is 0 Å². The van der Waals surface area contributed by atoms with Gasteiger partial charge in [0.15, 0.2) is 0 Å². The van der Waals surface area contributed by atoms with Crippen LogP contribution in [0.1, 0.15) is 11.4 Å². The molecule has 1 N–H and O–H groups in total. The number of nitrogens with zero attached hydrogens (tertiary/aromatic N) is 3. The van der Waals surface area contributed by atoms with Gasteiger partial charge in [-0.25, -0.2) is 0 Å². The molecule has 5 heteroatoms. The van der Waals surface area contributed by atoms with Gasteiger partial charge in [0.05, 0.1) is 16.4 Å². The van der Waals surface area contributed by atoms with Crippen LogP contribution in [0.3, 0.4) is 0 Å². The average Bonchev–Trinajstić information content (AvgIpc) is 2.87. The third-order valence-corrected chi connectivity index (χ3v) is 4.56. The Morgan fingerprint density at radius 2 is 1.94 bits per heavy atom. The van der Waals surface area contributed by atoms with Crippen molar-refractivity contribution in [2.75, 3.05) is 33.2 Å². The zero-order valence-corrected chi connectivity index (χ0v) is 11.2. The molecule has 2 saturated heterocycles. The molecule has 1 aromatic rings. The van der Waals surface area contributed by atoms with Crippen molar-refractivity contribution in [3.63, 3.8) is 0 Å². The molecular formula is C12H19ClN4. The van der Waals surface area contributed by atoms with Crippen LogP contribution in [0, 0.1) is 18.8 Å². The van der Waals surface area contributed by atoms with Crippen molar-refractivity contribution in [2.45, 2.75) is 13.5 Å². The normalized spacial score (nSPS) is 30.1. The fraction of sp³-hybridized carbons (Fsp3) is 0.750. The summed E-state index contributed by atoms with van der Waals surface area (Å²) in [7, 11) is 2.22. The second-order valence-corrected chi connectivity index (χ2v) is 5.92. The summed E-state index contributed by atoms with van der Waals surface area (Å²) in [5.41, 5.74) is 1.97. The molecule has 0 aromatic carbocycles. The number of fused-ring (bicyclic) bond motifs is 1. The number of likely N-dealkylation sites (tertiary alicyclic amines) is 2. The van der Waals surface area contributed by atoms with E-state index < -0.39 is 0 Å². The second-order valence-electron chi connectivity index (χ2n) is 5.54. The molecule has 2 aliphatic heterocycles. The molecular weight excluding hydrogens is 236 g/mol. The fourth-order valence-corrected chi connectivity index (χ4v) is 3.38. The quantitative estimate of drug-likeness (QED) is 0.866. The van der Waals surface area contributed by atoms with Gasteiger partial charge in [0.2, 0.25) is 0 Å². The first kappa shape index (κ1) is 11.5. The SMILES string of the molecule is Cc1[nH]nc(CN2C[C@H]3CN(C)C[C@H]3C2)c1Cl. The standard InChI is InChI=1S/C12H19ClN4/c1-8-12(13)11(15-14-8)7-17-5-9-3-16(2)4-10(9)6-17/h9-10H,3-7H2,1-2H3,(H,14,15)/t9-,10+. The van der Waals surface area contributed by atoms with Gasteiger partial charge in [-0.05, 0) is 25.8 Å². The van der Waals surface area contributed by atoms with Crippen molar-refractivity contribution in [1.29, 1.82) is 0 Å². The molecule has 3 heterocycles. The van der Waals surface area contributed by atoms with E-state index >= 15 is 0 Å². The number of aryl methyl sites for hydroxylation is 1. The van der Waals surface area contributed by atoms with E-state index in [1.54, 1.807) is 0 Å². The monoisotopic (exact) mass is 254 g/mol. The summed E-state index contributed by atoms with van der Waals surface area (Å²) in [6, 6.07) is 0. The first-order valence-electron chi connectivity index (χ1n) is 6.23. The van der Waals surface area contributed by atoms with Crippen LogP contribution in [0.25, 0.3) is 0 Å². The zero-order chi connectivity index (χ0) is 12.0. The Morgan fingerprint density at radius 3 is 2.47 bits per heavy atom. The number of rotatable bonds is 2. The summed E-state index contributed by atoms with van der Waals surface area (Å²) in [6.07, 6.45) is 0. The van der Waals surface area contributed by atoms with Gasteiger partial charge in [0.1, 0.15) is 0 Å². The molecule has 3 rings (SSSR count). The molecule has 0 bridgehead atoms. The zero-order valence-electron chi connectivity index (χ0n) is 10.4. The number of H-pyrrole nitrogens is 1. The molecule has 0 radical (unpaired) electrons. The van der Waals surface area contributed by atoms with Gasteiger partial charge in [-0.15, -0.1) is 0 Å². The third-order valence-electron chi connectivity index (χ3n) is 4.06. The van der Waals surface area contributed by atoms with Gasteiger partial charge < -0.3 is 4.90 Å². The van der Waals surface area contributed by atoms with E-state index in [4.69, 9.17) is 11.6 Å². The van der Waals surface area contributed by atoms with E-state index in [0.717, 1.165) is 34.8 Å². The summed E-state index contributed by atoms with van der Waals surface area (Å²) in [5.74, 6) is 1.69. The van der Waals surface area contributed by atoms with E-state index in [1.165, 1.54) is 26.2 Å². The van der Waals surface area contributed by atoms with Crippen LogP contribution in [0.5, 0.6) is 0 Å². The van der Waals surface area contributed by atoms with Gasteiger partial charge in [0.25, 0.3) is 0 Å². The lowest BCUT2D eigenvalue weighted by Crippen LogP contribution is -2.26. The topological polar surface area (TPSA) is 35.2 Å². The minimum atomic E-state index is 0.805. The maximum Gasteiger partial charge on any atom is 0.0951 e. The molecule has 0 aliphatic carbocycles. The Labute approximate surface area is 107 Å². The largest absolute Gasteiger partial charge is 0.306 e. The van der Waals surface area contributed by atoms with Crippen LogP contribution in [0.2, 0.25) is 5.02 Å². The molecule has 0 amide bonds. The molecule has 1 aromatic heterocycles. The lowest BCUT2D eigenvalue weighted by Gasteiger charge is -2.17. The Hall–Kier alpha value is -0.580. The van der Waals surface area contributed by atoms with E-state index in [2.05, 4.69) is 27.0 Å². The van der Waals surface area contributed by atoms with E-state index in [-0.39, 0.29) is 0 Å². The molecule has 94 valence electrons. The molecule has 17 heavy (non-hydrogen) atoms. The van der Waals surface area contributed by atoms with E-state index in [1.807, 2.05) is 6.92 Å². The third kappa shape index (κ3) is 2.09. The highest BCUT2D eigenvalue weighted by molar-refractivity contribution is 6.31. The van der Waals surface area contributed by atoms with E-state index in [0.29, 0.717) is 0 Å². The van der Waals surface area contributed by atoms with Crippen LogP contribution in [0.4, 0.5) is 0 Å². The minimum Gasteiger partial charge on any atom is -0.306 e. The average molecular weight is 255 g/mol. The highest BCUT2D eigenvalue weighted by Crippen LogP contribution is 2.31. The van der Waals surface area contributed by atoms with Crippen molar-refractivity contribution in [3.05, 3.63) is 16.4 Å². The van der Waals surface area contributed by atoms with Crippen LogP contribution in [-0.2, 0) is 6.54 Å². The summed E-state index contributed by atoms with van der Waals surface area (Å²) in [4.78, 5) is 4.93. The molecule has 0 spiro atoms. The number of aromatic amines is 1. The molecule has 0 unspecified atom stereocenters. The Morgan fingerprint density at radius 1 is 1.29 bits per heavy atom. The van der Waals surface area contributed by atoms with Crippen LogP contribution in [0.15, 0.2) is 0 Å². The first-order valence-corrected chi connectivity index (χ1v) is 6.61. The lowest BCUT2D eigenvalue weighted by atomic mass is 10.0. The number of hydrogen-bond donors (Lipinski definition) is 1. The number of nitrogens with one attached hydrogen (secondary N) is 1. The Kier molecular flexibility index (Phi) is 2.89. The Balaban J connectivity index is 1.63. The smallest absolute Gasteiger partial charge is 0.0951 e. The molecule has 0 saturated carbocycles. The highest BCUT2D eigenvalue weighted by atomic mass is 35.5. The summed E-state index contributed by atoms with van der Waals surface area (Å²) < 4.78 is 0. The van der Waals surface area contributed by atoms with Crippen LogP contribution < -0.4 is 0 Å². The molecule has 4 nitrogen and oxygen atoms in total. The van der Waals surface area contributed by atoms with Gasteiger partial charge in [-0.1, -0.05) is 11.6 Å². The number of aromatic nitrogens is 2. The fourth-order valence-electron chi connectivity index (χ4n) is 3.24. The molecule has 2 fully saturated rings. The Bertz CT molecular complexity index is 403. The first-order chi connectivity index (χ1) is 8.13. The van der Waals surface area contributed by atoms with Crippen LogP contribution in [-0.4, -0.2) is 53.2 Å². The van der Waals surface area contributed by atoms with Gasteiger partial charge in [-0.2, -0.15) is 5.10 Å². The molecule has 2 aliphatic rings. The van der Waals surface area contributed by atoms with Gasteiger partial charge in [0, 0.05) is 32.7 Å². The van der Waals surface area contributed by atoms with E-state index in [9.17, 15) is 0 Å². The minimum absolute atomic E-state index is 0.805. The maximum atomic E-state index is 6.20. The number of halogens is 1. The van der Waals surface area contributed by atoms with Gasteiger partial charge in [-0.3, -0.25) is 10.00 Å². The number of hydrogen-bond acceptors (Lipinski definition) is 3. The van der Waals surface area contributed by atoms with Crippen LogP contribution >= 0.6 is 11.6 Å². The maximum absolute atomic E-state index is 6.20. The highest BCUT2D eigenvalue weighted by Gasteiger charge is 2.38. The predicted octanol–water partition coefficient (Wildman–Crippen LogP) is 1.36. The molecule has 2 atom stereocenters. The summed E-state index contributed by atoms with van der Waals surface area (Å²) in [6.45, 7) is 7.73. The lowest BCUT2D eigenvalue weighted by molar-refractivity contribution is 0.269. The van der Waals surface area contributed by atoms with Crippen molar-refractivity contribution in [1.82, 2.24) is 20.0 Å². The summed E-state index contributed by atoms with van der Waals surface area (Å²) >= 11 is 6.20.